The number of ether oxygens (including phenoxy) is 2. The first-order valence-electron chi connectivity index (χ1n) is 9.40. The highest BCUT2D eigenvalue weighted by atomic mass is 16.6. The van der Waals surface area contributed by atoms with Crippen LogP contribution in [0.3, 0.4) is 0 Å². The van der Waals surface area contributed by atoms with Gasteiger partial charge in [-0.15, -0.1) is 0 Å². The molecule has 2 aromatic carbocycles. The van der Waals surface area contributed by atoms with Crippen molar-refractivity contribution in [2.24, 2.45) is 0 Å². The van der Waals surface area contributed by atoms with Crippen LogP contribution < -0.4 is 10.6 Å². The van der Waals surface area contributed by atoms with E-state index < -0.39 is 6.09 Å². The summed E-state index contributed by atoms with van der Waals surface area (Å²) in [5.41, 5.74) is 3.37. The van der Waals surface area contributed by atoms with E-state index in [1.165, 1.54) is 18.7 Å². The molecule has 2 amide bonds. The Balaban J connectivity index is 1.91. The fourth-order valence-corrected chi connectivity index (χ4v) is 2.50. The van der Waals surface area contributed by atoms with Crippen LogP contribution in [0.5, 0.6) is 0 Å². The molecule has 0 fully saturated rings. The SMILES string of the molecule is COCCOC(=O)Nc1cccc(NC(=O)/C=C/c2ccc(C(C)(C)C)cc2)c1. The van der Waals surface area contributed by atoms with Crippen LogP contribution in [0.2, 0.25) is 0 Å². The molecule has 2 rings (SSSR count). The zero-order valence-corrected chi connectivity index (χ0v) is 17.3. The molecule has 29 heavy (non-hydrogen) atoms. The predicted molar refractivity (Wildman–Crippen MR) is 116 cm³/mol. The lowest BCUT2D eigenvalue weighted by Gasteiger charge is -2.18. The number of carbonyl (C=O) groups is 2. The fraction of sp³-hybridized carbons (Fsp3) is 0.304. The molecule has 0 aliphatic heterocycles. The Morgan fingerprint density at radius 3 is 2.24 bits per heavy atom. The molecule has 0 saturated carbocycles. The molecule has 2 N–H and O–H groups in total. The van der Waals surface area contributed by atoms with Gasteiger partial charge in [-0.05, 0) is 40.8 Å². The van der Waals surface area contributed by atoms with E-state index in [-0.39, 0.29) is 17.9 Å². The van der Waals surface area contributed by atoms with E-state index >= 15 is 0 Å². The first-order chi connectivity index (χ1) is 13.8. The number of methoxy groups -OCH3 is 1. The van der Waals surface area contributed by atoms with Crippen LogP contribution in [0.4, 0.5) is 16.2 Å². The summed E-state index contributed by atoms with van der Waals surface area (Å²) in [6, 6.07) is 15.0. The van der Waals surface area contributed by atoms with Crippen molar-refractivity contribution in [2.75, 3.05) is 31.0 Å². The minimum absolute atomic E-state index is 0.0921. The molecule has 0 aromatic heterocycles. The van der Waals surface area contributed by atoms with E-state index in [0.29, 0.717) is 18.0 Å². The van der Waals surface area contributed by atoms with Crippen LogP contribution in [-0.2, 0) is 19.7 Å². The second-order valence-electron chi connectivity index (χ2n) is 7.53. The van der Waals surface area contributed by atoms with Gasteiger partial charge in [-0.2, -0.15) is 0 Å². The van der Waals surface area contributed by atoms with Gasteiger partial charge in [0, 0.05) is 24.6 Å². The van der Waals surface area contributed by atoms with Crippen LogP contribution in [0.25, 0.3) is 6.08 Å². The molecule has 154 valence electrons. The Hall–Kier alpha value is -3.12. The number of hydrogen-bond acceptors (Lipinski definition) is 4. The quantitative estimate of drug-likeness (QED) is 0.519. The van der Waals surface area contributed by atoms with Gasteiger partial charge in [0.15, 0.2) is 0 Å². The number of hydrogen-bond donors (Lipinski definition) is 2. The molecular formula is C23H28N2O4. The minimum atomic E-state index is -0.580. The Bertz CT molecular complexity index is 852. The highest BCUT2D eigenvalue weighted by molar-refractivity contribution is 6.02. The van der Waals surface area contributed by atoms with Crippen molar-refractivity contribution in [2.45, 2.75) is 26.2 Å². The fourth-order valence-electron chi connectivity index (χ4n) is 2.50. The number of anilines is 2. The normalized spacial score (nSPS) is 11.3. The monoisotopic (exact) mass is 396 g/mol. The lowest BCUT2D eigenvalue weighted by atomic mass is 9.87. The van der Waals surface area contributed by atoms with E-state index in [4.69, 9.17) is 9.47 Å². The van der Waals surface area contributed by atoms with Crippen LogP contribution in [0.15, 0.2) is 54.6 Å². The largest absolute Gasteiger partial charge is 0.447 e. The Morgan fingerprint density at radius 1 is 0.966 bits per heavy atom. The van der Waals surface area contributed by atoms with Gasteiger partial charge in [0.1, 0.15) is 6.61 Å². The summed E-state index contributed by atoms with van der Waals surface area (Å²) >= 11 is 0. The van der Waals surface area contributed by atoms with Gasteiger partial charge in [-0.3, -0.25) is 10.1 Å². The smallest absolute Gasteiger partial charge is 0.411 e. The zero-order chi connectivity index (χ0) is 21.3. The van der Waals surface area contributed by atoms with Gasteiger partial charge in [0.25, 0.3) is 0 Å². The van der Waals surface area contributed by atoms with Crippen LogP contribution in [-0.4, -0.2) is 32.3 Å². The lowest BCUT2D eigenvalue weighted by molar-refractivity contribution is -0.111. The molecule has 0 aliphatic carbocycles. The maximum Gasteiger partial charge on any atom is 0.411 e. The average Bonchev–Trinajstić information content (AvgIpc) is 2.66. The summed E-state index contributed by atoms with van der Waals surface area (Å²) in [6.07, 6.45) is 2.66. The third-order valence-corrected chi connectivity index (χ3v) is 4.10. The van der Waals surface area contributed by atoms with Gasteiger partial charge < -0.3 is 14.8 Å². The van der Waals surface area contributed by atoms with E-state index in [1.54, 1.807) is 30.3 Å². The molecule has 0 unspecified atom stereocenters. The van der Waals surface area contributed by atoms with Crippen molar-refractivity contribution in [1.29, 1.82) is 0 Å². The van der Waals surface area contributed by atoms with Crippen molar-refractivity contribution in [3.8, 4) is 0 Å². The molecule has 6 nitrogen and oxygen atoms in total. The van der Waals surface area contributed by atoms with Gasteiger partial charge in [-0.25, -0.2) is 4.79 Å². The highest BCUT2D eigenvalue weighted by Crippen LogP contribution is 2.22. The molecule has 2 aromatic rings. The zero-order valence-electron chi connectivity index (χ0n) is 17.3. The van der Waals surface area contributed by atoms with Crippen molar-refractivity contribution >= 4 is 29.5 Å². The molecule has 0 radical (unpaired) electrons. The van der Waals surface area contributed by atoms with E-state index in [2.05, 4.69) is 43.5 Å². The molecule has 0 atom stereocenters. The number of nitrogens with one attached hydrogen (secondary N) is 2. The summed E-state index contributed by atoms with van der Waals surface area (Å²) < 4.78 is 9.77. The second-order valence-corrected chi connectivity index (χ2v) is 7.53. The summed E-state index contributed by atoms with van der Waals surface area (Å²) in [6.45, 7) is 6.98. The Kier molecular flexibility index (Phi) is 7.98. The third kappa shape index (κ3) is 7.79. The van der Waals surface area contributed by atoms with Crippen LogP contribution >= 0.6 is 0 Å². The van der Waals surface area contributed by atoms with Gasteiger partial charge in [0.2, 0.25) is 5.91 Å². The summed E-state index contributed by atoms with van der Waals surface area (Å²) in [5, 5.41) is 5.38. The number of amides is 2. The van der Waals surface area contributed by atoms with Gasteiger partial charge >= 0.3 is 6.09 Å². The Labute approximate surface area is 171 Å². The summed E-state index contributed by atoms with van der Waals surface area (Å²) in [4.78, 5) is 23.9. The standard InChI is InChI=1S/C23H28N2O4/c1-23(2,3)18-11-8-17(9-12-18)10-13-21(26)24-19-6-5-7-20(16-19)25-22(27)29-15-14-28-4/h5-13,16H,14-15H2,1-4H3,(H,24,26)(H,25,27)/b13-10+. The molecular weight excluding hydrogens is 368 g/mol. The maximum atomic E-state index is 12.2. The first kappa shape index (κ1) is 22.2. The van der Waals surface area contributed by atoms with Crippen molar-refractivity contribution in [1.82, 2.24) is 0 Å². The molecule has 6 heteroatoms. The first-order valence-corrected chi connectivity index (χ1v) is 9.40. The van der Waals surface area contributed by atoms with Crippen LogP contribution in [0.1, 0.15) is 31.9 Å². The van der Waals surface area contributed by atoms with E-state index in [0.717, 1.165) is 5.56 Å². The van der Waals surface area contributed by atoms with E-state index in [9.17, 15) is 9.59 Å². The second kappa shape index (κ2) is 10.4. The molecule has 0 spiro atoms. The van der Waals surface area contributed by atoms with E-state index in [1.807, 2.05) is 12.1 Å². The number of rotatable bonds is 7. The summed E-state index contributed by atoms with van der Waals surface area (Å²) in [5.74, 6) is -0.260. The molecule has 0 aliphatic rings. The molecule has 0 saturated heterocycles. The highest BCUT2D eigenvalue weighted by Gasteiger charge is 2.12. The van der Waals surface area contributed by atoms with Gasteiger partial charge in [0.05, 0.1) is 6.61 Å². The molecule has 0 heterocycles. The third-order valence-electron chi connectivity index (χ3n) is 4.10. The van der Waals surface area contributed by atoms with Gasteiger partial charge in [-0.1, -0.05) is 51.1 Å². The van der Waals surface area contributed by atoms with Crippen molar-refractivity contribution in [3.63, 3.8) is 0 Å². The Morgan fingerprint density at radius 2 is 1.62 bits per heavy atom. The minimum Gasteiger partial charge on any atom is -0.447 e. The summed E-state index contributed by atoms with van der Waals surface area (Å²) in [7, 11) is 1.53. The topological polar surface area (TPSA) is 76.7 Å². The lowest BCUT2D eigenvalue weighted by Crippen LogP contribution is -2.16. The number of carbonyl (C=O) groups excluding carboxylic acids is 2. The average molecular weight is 396 g/mol. The predicted octanol–water partition coefficient (Wildman–Crippen LogP) is 4.83. The van der Waals surface area contributed by atoms with Crippen molar-refractivity contribution < 1.29 is 19.1 Å². The maximum absolute atomic E-state index is 12.2. The number of benzene rings is 2. The molecule has 0 bridgehead atoms. The van der Waals surface area contributed by atoms with Crippen molar-refractivity contribution in [3.05, 3.63) is 65.7 Å². The van der Waals surface area contributed by atoms with Crippen LogP contribution in [0, 0.1) is 0 Å².